The summed E-state index contributed by atoms with van der Waals surface area (Å²) in [5, 5.41) is 8.85. The lowest BCUT2D eigenvalue weighted by molar-refractivity contribution is 0.0920. The third kappa shape index (κ3) is 6.26. The molecule has 0 unspecified atom stereocenters. The first kappa shape index (κ1) is 25.5. The zero-order valence-corrected chi connectivity index (χ0v) is 21.4. The second-order valence-electron chi connectivity index (χ2n) is 7.09. The number of urea groups is 1. The molecule has 0 aliphatic rings. The van der Waals surface area contributed by atoms with Gasteiger partial charge in [-0.15, -0.1) is 0 Å². The van der Waals surface area contributed by atoms with Crippen LogP contribution < -0.4 is 25.4 Å². The highest BCUT2D eigenvalue weighted by atomic mass is 127. The van der Waals surface area contributed by atoms with Crippen LogP contribution >= 0.6 is 22.6 Å². The van der Waals surface area contributed by atoms with Gasteiger partial charge in [-0.25, -0.2) is 4.79 Å². The molecular weight excluding hydrogens is 551 g/mol. The van der Waals surface area contributed by atoms with Crippen molar-refractivity contribution in [3.05, 3.63) is 53.7 Å². The van der Waals surface area contributed by atoms with Gasteiger partial charge in [0.2, 0.25) is 0 Å². The summed E-state index contributed by atoms with van der Waals surface area (Å²) in [5.74, 6) is 1.29. The van der Waals surface area contributed by atoms with Gasteiger partial charge >= 0.3 is 6.03 Å². The first-order valence-corrected chi connectivity index (χ1v) is 12.2. The fourth-order valence-corrected chi connectivity index (χ4v) is 3.87. The van der Waals surface area contributed by atoms with Crippen molar-refractivity contribution in [1.29, 1.82) is 0 Å². The van der Waals surface area contributed by atoms with Gasteiger partial charge in [0.25, 0.3) is 5.91 Å². The summed E-state index contributed by atoms with van der Waals surface area (Å²) in [6.45, 7) is 3.30. The minimum absolute atomic E-state index is 0.273. The van der Waals surface area contributed by atoms with Crippen molar-refractivity contribution >= 4 is 51.1 Å². The summed E-state index contributed by atoms with van der Waals surface area (Å²) in [4.78, 5) is 28.9. The van der Waals surface area contributed by atoms with Crippen LogP contribution in [0.25, 0.3) is 10.9 Å². The number of hydrogen-bond acceptors (Lipinski definition) is 6. The minimum Gasteiger partial charge on any atom is -0.496 e. The average Bonchev–Trinajstić information content (AvgIpc) is 2.86. The Bertz CT molecular complexity index is 1170. The molecule has 0 saturated heterocycles. The second kappa shape index (κ2) is 12.4. The number of halogens is 1. The molecule has 3 amide bonds. The van der Waals surface area contributed by atoms with Gasteiger partial charge in [0.05, 0.1) is 24.8 Å². The van der Waals surface area contributed by atoms with Crippen molar-refractivity contribution < 1.29 is 23.8 Å². The van der Waals surface area contributed by atoms with Gasteiger partial charge in [0, 0.05) is 48.0 Å². The van der Waals surface area contributed by atoms with E-state index in [1.54, 1.807) is 43.6 Å². The number of alkyl halides is 1. The number of carbonyl (C=O) groups excluding carboxylic acids is 2. The van der Waals surface area contributed by atoms with E-state index in [4.69, 9.17) is 14.2 Å². The molecule has 34 heavy (non-hydrogen) atoms. The van der Waals surface area contributed by atoms with Crippen LogP contribution in [0.4, 0.5) is 10.5 Å². The predicted molar refractivity (Wildman–Crippen MR) is 139 cm³/mol. The van der Waals surface area contributed by atoms with E-state index in [-0.39, 0.29) is 11.9 Å². The monoisotopic (exact) mass is 578 g/mol. The molecule has 3 N–H and O–H groups in total. The Morgan fingerprint density at radius 2 is 1.94 bits per heavy atom. The number of fused-ring (bicyclic) bond motifs is 1. The van der Waals surface area contributed by atoms with Gasteiger partial charge < -0.3 is 30.2 Å². The average molecular weight is 578 g/mol. The molecule has 2 aromatic carbocycles. The molecule has 0 fully saturated rings. The largest absolute Gasteiger partial charge is 0.496 e. The summed E-state index contributed by atoms with van der Waals surface area (Å²) in [6.07, 6.45) is 1.64. The van der Waals surface area contributed by atoms with E-state index in [2.05, 4.69) is 43.5 Å². The molecule has 3 aromatic rings. The lowest BCUT2D eigenvalue weighted by atomic mass is 10.1. The van der Waals surface area contributed by atoms with Crippen LogP contribution in [0.15, 0.2) is 42.6 Å². The highest BCUT2D eigenvalue weighted by Gasteiger charge is 2.17. The van der Waals surface area contributed by atoms with E-state index in [1.165, 1.54) is 7.11 Å². The van der Waals surface area contributed by atoms with Crippen LogP contribution in [0.3, 0.4) is 0 Å². The number of nitrogens with zero attached hydrogens (tertiary/aromatic N) is 1. The van der Waals surface area contributed by atoms with E-state index in [1.807, 2.05) is 13.0 Å². The van der Waals surface area contributed by atoms with E-state index in [9.17, 15) is 9.59 Å². The van der Waals surface area contributed by atoms with E-state index < -0.39 is 0 Å². The summed E-state index contributed by atoms with van der Waals surface area (Å²) in [5.41, 5.74) is 2.63. The first-order chi connectivity index (χ1) is 16.5. The van der Waals surface area contributed by atoms with Crippen LogP contribution in [-0.4, -0.2) is 50.8 Å². The molecule has 0 saturated carbocycles. The standard InChI is InChI=1S/C24H27IN4O5/c1-4-33-10-9-28-23(30)18-12-17-20(13-22(18)32-3)27-8-7-21(17)34-16-5-6-19(15(11-16)14-25)29-24(31)26-2/h5-8,11-13H,4,9-10,14H2,1-3H3,(H,28,30)(H2,26,29,31). The van der Waals surface area contributed by atoms with Gasteiger partial charge in [-0.2, -0.15) is 0 Å². The van der Waals surface area contributed by atoms with Crippen molar-refractivity contribution in [3.8, 4) is 17.2 Å². The summed E-state index contributed by atoms with van der Waals surface area (Å²) in [7, 11) is 3.08. The van der Waals surface area contributed by atoms with Crippen LogP contribution in [0.1, 0.15) is 22.8 Å². The number of methoxy groups -OCH3 is 1. The van der Waals surface area contributed by atoms with Crippen molar-refractivity contribution in [2.75, 3.05) is 39.2 Å². The number of pyridine rings is 1. The Morgan fingerprint density at radius 1 is 1.12 bits per heavy atom. The Balaban J connectivity index is 1.92. The Kier molecular flexibility index (Phi) is 9.28. The van der Waals surface area contributed by atoms with Gasteiger partial charge in [-0.1, -0.05) is 22.6 Å². The molecule has 0 aliphatic carbocycles. The fourth-order valence-electron chi connectivity index (χ4n) is 3.24. The Morgan fingerprint density at radius 3 is 2.65 bits per heavy atom. The highest BCUT2D eigenvalue weighted by Crippen LogP contribution is 2.34. The number of hydrogen-bond donors (Lipinski definition) is 3. The maximum Gasteiger partial charge on any atom is 0.318 e. The van der Waals surface area contributed by atoms with Crippen molar-refractivity contribution in [2.24, 2.45) is 0 Å². The van der Waals surface area contributed by atoms with Crippen LogP contribution in [0, 0.1) is 0 Å². The lowest BCUT2D eigenvalue weighted by Crippen LogP contribution is -2.27. The number of anilines is 1. The van der Waals surface area contributed by atoms with Crippen LogP contribution in [0.5, 0.6) is 17.2 Å². The van der Waals surface area contributed by atoms with Crippen LogP contribution in [0.2, 0.25) is 0 Å². The topological polar surface area (TPSA) is 111 Å². The maximum atomic E-state index is 12.8. The van der Waals surface area contributed by atoms with E-state index in [0.29, 0.717) is 63.6 Å². The normalized spacial score (nSPS) is 10.6. The number of amides is 3. The third-order valence-electron chi connectivity index (χ3n) is 4.93. The molecule has 0 atom stereocenters. The zero-order valence-electron chi connectivity index (χ0n) is 19.2. The second-order valence-corrected chi connectivity index (χ2v) is 7.85. The molecule has 0 aliphatic heterocycles. The molecule has 0 bridgehead atoms. The van der Waals surface area contributed by atoms with Gasteiger partial charge in [-0.05, 0) is 42.8 Å². The fraction of sp³-hybridized carbons (Fsp3) is 0.292. The zero-order chi connectivity index (χ0) is 24.5. The summed E-state index contributed by atoms with van der Waals surface area (Å²) in [6, 6.07) is 10.3. The van der Waals surface area contributed by atoms with E-state index >= 15 is 0 Å². The number of rotatable bonds is 10. The van der Waals surface area contributed by atoms with Crippen molar-refractivity contribution in [1.82, 2.24) is 15.6 Å². The number of carbonyl (C=O) groups is 2. The smallest absolute Gasteiger partial charge is 0.318 e. The Hall–Kier alpha value is -3.12. The highest BCUT2D eigenvalue weighted by molar-refractivity contribution is 14.1. The predicted octanol–water partition coefficient (Wildman–Crippen LogP) is 4.49. The number of nitrogens with one attached hydrogen (secondary N) is 3. The molecule has 3 rings (SSSR count). The lowest BCUT2D eigenvalue weighted by Gasteiger charge is -2.15. The summed E-state index contributed by atoms with van der Waals surface area (Å²) < 4.78 is 17.6. The first-order valence-electron chi connectivity index (χ1n) is 10.7. The quantitative estimate of drug-likeness (QED) is 0.186. The third-order valence-corrected chi connectivity index (χ3v) is 5.75. The molecule has 1 aromatic heterocycles. The molecule has 180 valence electrons. The molecule has 10 heteroatoms. The van der Waals surface area contributed by atoms with Gasteiger partial charge in [0.15, 0.2) is 0 Å². The molecule has 0 radical (unpaired) electrons. The van der Waals surface area contributed by atoms with Crippen molar-refractivity contribution in [2.45, 2.75) is 11.4 Å². The summed E-state index contributed by atoms with van der Waals surface area (Å²) >= 11 is 2.23. The molecule has 1 heterocycles. The van der Waals surface area contributed by atoms with Gasteiger partial charge in [-0.3, -0.25) is 9.78 Å². The SMILES string of the molecule is CCOCCNC(=O)c1cc2c(Oc3ccc(NC(=O)NC)c(CI)c3)ccnc2cc1OC. The van der Waals surface area contributed by atoms with Crippen molar-refractivity contribution in [3.63, 3.8) is 0 Å². The number of aromatic nitrogens is 1. The molecule has 0 spiro atoms. The molecular formula is C24H27IN4O5. The minimum atomic E-state index is -0.291. The number of benzene rings is 2. The number of ether oxygens (including phenoxy) is 3. The maximum absolute atomic E-state index is 12.8. The van der Waals surface area contributed by atoms with Crippen LogP contribution in [-0.2, 0) is 9.16 Å². The van der Waals surface area contributed by atoms with Gasteiger partial charge in [0.1, 0.15) is 17.2 Å². The van der Waals surface area contributed by atoms with E-state index in [0.717, 1.165) is 5.56 Å². The Labute approximate surface area is 211 Å². The molecule has 9 nitrogen and oxygen atoms in total.